The predicted molar refractivity (Wildman–Crippen MR) is 125 cm³/mol. The van der Waals surface area contributed by atoms with Gasteiger partial charge in [-0.15, -0.1) is 0 Å². The fraction of sp³-hybridized carbons (Fsp3) is 0.500. The van der Waals surface area contributed by atoms with Crippen molar-refractivity contribution in [1.29, 1.82) is 0 Å². The molecule has 1 saturated heterocycles. The summed E-state index contributed by atoms with van der Waals surface area (Å²) >= 11 is 0. The van der Waals surface area contributed by atoms with Crippen LogP contribution in [0.25, 0.3) is 0 Å². The third-order valence-electron chi connectivity index (χ3n) is 6.82. The minimum atomic E-state index is -3.45. The molecule has 6 heteroatoms. The summed E-state index contributed by atoms with van der Waals surface area (Å²) < 4.78 is 33.6. The van der Waals surface area contributed by atoms with Crippen LogP contribution in [-0.4, -0.2) is 37.7 Å². The zero-order chi connectivity index (χ0) is 22.7. The van der Waals surface area contributed by atoms with Crippen LogP contribution in [0.4, 0.5) is 0 Å². The van der Waals surface area contributed by atoms with Gasteiger partial charge in [0.25, 0.3) is 0 Å². The number of Topliss-reactive ketones (excluding diaryl/α,β-unsaturated/α-hetero) is 1. The van der Waals surface area contributed by atoms with Crippen LogP contribution in [0, 0.1) is 12.8 Å². The van der Waals surface area contributed by atoms with Gasteiger partial charge in [-0.25, -0.2) is 8.42 Å². The van der Waals surface area contributed by atoms with Gasteiger partial charge in [-0.2, -0.15) is 4.31 Å². The molecule has 0 spiro atoms. The van der Waals surface area contributed by atoms with Crippen LogP contribution < -0.4 is 0 Å². The molecule has 1 heterocycles. The van der Waals surface area contributed by atoms with Crippen molar-refractivity contribution in [3.8, 4) is 0 Å². The van der Waals surface area contributed by atoms with E-state index in [1.165, 1.54) is 5.56 Å². The largest absolute Gasteiger partial charge is 0.370 e. The second kappa shape index (κ2) is 9.86. The van der Waals surface area contributed by atoms with Crippen LogP contribution in [0.5, 0.6) is 0 Å². The van der Waals surface area contributed by atoms with Crippen molar-refractivity contribution in [1.82, 2.24) is 4.31 Å². The Morgan fingerprint density at radius 3 is 2.25 bits per heavy atom. The van der Waals surface area contributed by atoms with Crippen molar-refractivity contribution in [3.63, 3.8) is 0 Å². The van der Waals surface area contributed by atoms with E-state index in [1.807, 2.05) is 26.0 Å². The van der Waals surface area contributed by atoms with Gasteiger partial charge in [0.2, 0.25) is 10.0 Å². The number of aryl methyl sites for hydroxylation is 1. The van der Waals surface area contributed by atoms with Crippen LogP contribution in [0.2, 0.25) is 0 Å². The lowest BCUT2D eigenvalue weighted by molar-refractivity contribution is -0.120. The van der Waals surface area contributed by atoms with Gasteiger partial charge in [0, 0.05) is 25.4 Å². The fourth-order valence-corrected chi connectivity index (χ4v) is 6.22. The van der Waals surface area contributed by atoms with E-state index in [9.17, 15) is 13.2 Å². The lowest BCUT2D eigenvalue weighted by Gasteiger charge is -2.32. The van der Waals surface area contributed by atoms with E-state index < -0.39 is 10.0 Å². The topological polar surface area (TPSA) is 63.7 Å². The highest BCUT2D eigenvalue weighted by atomic mass is 32.2. The smallest absolute Gasteiger partial charge is 0.243 e. The van der Waals surface area contributed by atoms with Crippen LogP contribution in [0.3, 0.4) is 0 Å². The Morgan fingerprint density at radius 2 is 1.66 bits per heavy atom. The molecular formula is C26H33NO4S. The van der Waals surface area contributed by atoms with Gasteiger partial charge < -0.3 is 4.74 Å². The van der Waals surface area contributed by atoms with Crippen molar-refractivity contribution in [2.45, 2.75) is 69.5 Å². The van der Waals surface area contributed by atoms with E-state index in [2.05, 4.69) is 24.3 Å². The molecule has 2 fully saturated rings. The highest BCUT2D eigenvalue weighted by Crippen LogP contribution is 2.28. The number of benzene rings is 2. The predicted octanol–water partition coefficient (Wildman–Crippen LogP) is 4.84. The maximum absolute atomic E-state index is 12.9. The average molecular weight is 456 g/mol. The normalized spacial score (nSPS) is 21.7. The first-order valence-corrected chi connectivity index (χ1v) is 13.1. The van der Waals surface area contributed by atoms with E-state index >= 15 is 0 Å². The maximum atomic E-state index is 12.9. The number of ether oxygens (including phenoxy) is 1. The van der Waals surface area contributed by atoms with Crippen molar-refractivity contribution < 1.29 is 17.9 Å². The molecule has 0 bridgehead atoms. The van der Waals surface area contributed by atoms with Gasteiger partial charge >= 0.3 is 0 Å². The Balaban J connectivity index is 1.29. The molecule has 5 nitrogen and oxygen atoms in total. The molecule has 2 aromatic rings. The summed E-state index contributed by atoms with van der Waals surface area (Å²) in [5.74, 6) is 0.595. The summed E-state index contributed by atoms with van der Waals surface area (Å²) in [6.07, 6.45) is 4.98. The van der Waals surface area contributed by atoms with Crippen LogP contribution in [0.1, 0.15) is 61.8 Å². The summed E-state index contributed by atoms with van der Waals surface area (Å²) in [5.41, 5.74) is 3.36. The molecule has 2 atom stereocenters. The van der Waals surface area contributed by atoms with Gasteiger partial charge in [-0.1, -0.05) is 42.0 Å². The Bertz CT molecular complexity index is 1020. The summed E-state index contributed by atoms with van der Waals surface area (Å²) in [7, 11) is -3.45. The molecule has 172 valence electrons. The van der Waals surface area contributed by atoms with Gasteiger partial charge in [0.05, 0.1) is 17.1 Å². The fourth-order valence-electron chi connectivity index (χ4n) is 4.75. The second-order valence-electron chi connectivity index (χ2n) is 9.20. The zero-order valence-electron chi connectivity index (χ0n) is 19.0. The third kappa shape index (κ3) is 5.30. The second-order valence-corrected chi connectivity index (χ2v) is 11.1. The molecule has 2 aliphatic rings. The van der Waals surface area contributed by atoms with Crippen molar-refractivity contribution >= 4 is 15.8 Å². The van der Waals surface area contributed by atoms with E-state index in [1.54, 1.807) is 16.4 Å². The van der Waals surface area contributed by atoms with Crippen LogP contribution in [-0.2, 0) is 26.0 Å². The van der Waals surface area contributed by atoms with Gasteiger partial charge in [0.15, 0.2) is 0 Å². The summed E-state index contributed by atoms with van der Waals surface area (Å²) in [5, 5.41) is 0. The molecule has 0 N–H and O–H groups in total. The Hall–Kier alpha value is -2.02. The Labute approximate surface area is 191 Å². The molecule has 1 aliphatic heterocycles. The lowest BCUT2D eigenvalue weighted by atomic mass is 9.96. The molecule has 32 heavy (non-hydrogen) atoms. The number of rotatable bonds is 7. The molecule has 1 unspecified atom stereocenters. The number of hydrogen-bond acceptors (Lipinski definition) is 4. The summed E-state index contributed by atoms with van der Waals surface area (Å²) in [6.45, 7) is 4.94. The number of hydrogen-bond donors (Lipinski definition) is 0. The number of piperidine rings is 1. The average Bonchev–Trinajstić information content (AvgIpc) is 3.19. The standard InChI is InChI=1S/C26H33NO4S/c1-19-6-12-25(13-7-19)32(29,30)27-16-14-24(15-17-27)31-20(2)22-10-8-21(9-11-22)18-23-4-3-5-26(23)28/h6-13,20,23-24H,3-5,14-18H2,1-2H3/t20-,23?/m1/s1. The first kappa shape index (κ1) is 23.1. The quantitative estimate of drug-likeness (QED) is 0.599. The molecular weight excluding hydrogens is 422 g/mol. The maximum Gasteiger partial charge on any atom is 0.243 e. The van der Waals surface area contributed by atoms with Gasteiger partial charge in [-0.3, -0.25) is 4.79 Å². The summed E-state index contributed by atoms with van der Waals surface area (Å²) in [6, 6.07) is 15.4. The molecule has 0 amide bonds. The van der Waals surface area contributed by atoms with E-state index in [-0.39, 0.29) is 18.1 Å². The molecule has 1 aliphatic carbocycles. The first-order chi connectivity index (χ1) is 15.3. The highest BCUT2D eigenvalue weighted by molar-refractivity contribution is 7.89. The first-order valence-electron chi connectivity index (χ1n) is 11.7. The molecule has 1 saturated carbocycles. The number of carbonyl (C=O) groups excluding carboxylic acids is 1. The molecule has 2 aromatic carbocycles. The number of ketones is 1. The van der Waals surface area contributed by atoms with Gasteiger partial charge in [0.1, 0.15) is 5.78 Å². The highest BCUT2D eigenvalue weighted by Gasteiger charge is 2.30. The molecule has 0 radical (unpaired) electrons. The number of nitrogens with zero attached hydrogens (tertiary/aromatic N) is 1. The monoisotopic (exact) mass is 455 g/mol. The Morgan fingerprint density at radius 1 is 1.00 bits per heavy atom. The minimum Gasteiger partial charge on any atom is -0.370 e. The Kier molecular flexibility index (Phi) is 7.13. The van der Waals surface area contributed by atoms with Gasteiger partial charge in [-0.05, 0) is 69.2 Å². The van der Waals surface area contributed by atoms with Crippen LogP contribution in [0.15, 0.2) is 53.4 Å². The number of sulfonamides is 1. The molecule has 4 rings (SSSR count). The third-order valence-corrected chi connectivity index (χ3v) is 8.73. The van der Waals surface area contributed by atoms with E-state index in [0.29, 0.717) is 36.6 Å². The summed E-state index contributed by atoms with van der Waals surface area (Å²) in [4.78, 5) is 12.2. The van der Waals surface area contributed by atoms with Crippen molar-refractivity contribution in [3.05, 3.63) is 65.2 Å². The van der Waals surface area contributed by atoms with Crippen molar-refractivity contribution in [2.75, 3.05) is 13.1 Å². The van der Waals surface area contributed by atoms with Crippen LogP contribution >= 0.6 is 0 Å². The lowest BCUT2D eigenvalue weighted by Crippen LogP contribution is -2.41. The van der Waals surface area contributed by atoms with Crippen molar-refractivity contribution in [2.24, 2.45) is 5.92 Å². The zero-order valence-corrected chi connectivity index (χ0v) is 19.8. The van der Waals surface area contributed by atoms with E-state index in [0.717, 1.165) is 36.8 Å². The minimum absolute atomic E-state index is 0.0465. The number of carbonyl (C=O) groups is 1. The molecule has 0 aromatic heterocycles. The SMILES string of the molecule is Cc1ccc(S(=O)(=O)N2CCC(O[C@H](C)c3ccc(CC4CCCC4=O)cc3)CC2)cc1. The van der Waals surface area contributed by atoms with E-state index in [4.69, 9.17) is 4.74 Å².